The Hall–Kier alpha value is -2.39. The predicted octanol–water partition coefficient (Wildman–Crippen LogP) is 3.92. The fourth-order valence-corrected chi connectivity index (χ4v) is 3.61. The van der Waals surface area contributed by atoms with Crippen LogP contribution >= 0.6 is 0 Å². The zero-order valence-corrected chi connectivity index (χ0v) is 12.8. The lowest BCUT2D eigenvalue weighted by atomic mass is 9.82. The molecular weight excluding hydrogens is 288 g/mol. The minimum atomic E-state index is -0.751. The molecule has 2 aliphatic heterocycles. The lowest BCUT2D eigenvalue weighted by Crippen LogP contribution is -2.36. The highest BCUT2D eigenvalue weighted by Crippen LogP contribution is 2.52. The molecule has 2 aromatic carbocycles. The topological polar surface area (TPSA) is 35.5 Å². The van der Waals surface area contributed by atoms with E-state index in [1.807, 2.05) is 60.7 Å². The van der Waals surface area contributed by atoms with Gasteiger partial charge in [-0.2, -0.15) is 0 Å². The first-order chi connectivity index (χ1) is 11.2. The highest BCUT2D eigenvalue weighted by molar-refractivity contribution is 5.82. The lowest BCUT2D eigenvalue weighted by Gasteiger charge is -2.28. The Kier molecular flexibility index (Phi) is 3.31. The number of hydrogen-bond donors (Lipinski definition) is 0. The molecule has 0 aromatic heterocycles. The molecule has 2 heterocycles. The zero-order valence-electron chi connectivity index (χ0n) is 12.8. The third kappa shape index (κ3) is 2.28. The van der Waals surface area contributed by atoms with E-state index in [2.05, 4.69) is 6.58 Å². The van der Waals surface area contributed by atoms with E-state index in [1.165, 1.54) is 0 Å². The van der Waals surface area contributed by atoms with Crippen LogP contribution in [0.15, 0.2) is 67.2 Å². The second kappa shape index (κ2) is 5.36. The van der Waals surface area contributed by atoms with Crippen LogP contribution in [0.3, 0.4) is 0 Å². The third-order valence-electron chi connectivity index (χ3n) is 4.79. The van der Waals surface area contributed by atoms with Crippen molar-refractivity contribution in [3.8, 4) is 0 Å². The minimum Gasteiger partial charge on any atom is -0.451 e. The Balaban J connectivity index is 1.69. The molecule has 0 saturated carbocycles. The summed E-state index contributed by atoms with van der Waals surface area (Å²) in [5.74, 6) is -0.210. The largest absolute Gasteiger partial charge is 0.451 e. The van der Waals surface area contributed by atoms with Gasteiger partial charge in [0.25, 0.3) is 0 Å². The summed E-state index contributed by atoms with van der Waals surface area (Å²) in [5, 5.41) is 0. The Morgan fingerprint density at radius 1 is 1.04 bits per heavy atom. The lowest BCUT2D eigenvalue weighted by molar-refractivity contribution is -0.144. The van der Waals surface area contributed by atoms with Crippen molar-refractivity contribution in [2.45, 2.75) is 30.7 Å². The van der Waals surface area contributed by atoms with Crippen molar-refractivity contribution < 1.29 is 14.3 Å². The number of esters is 1. The molecule has 2 fully saturated rings. The first kappa shape index (κ1) is 14.2. The SMILES string of the molecule is C=C(c1ccccc1)C12CC(c3ccccc3)OC1CC(=O)O2. The monoisotopic (exact) mass is 306 g/mol. The molecule has 2 aromatic rings. The van der Waals surface area contributed by atoms with Crippen molar-refractivity contribution in [2.24, 2.45) is 0 Å². The minimum absolute atomic E-state index is 0.0743. The molecule has 0 amide bonds. The molecule has 3 unspecified atom stereocenters. The molecule has 3 atom stereocenters. The fourth-order valence-electron chi connectivity index (χ4n) is 3.61. The van der Waals surface area contributed by atoms with Crippen LogP contribution < -0.4 is 0 Å². The fraction of sp³-hybridized carbons (Fsp3) is 0.250. The summed E-state index contributed by atoms with van der Waals surface area (Å²) in [6, 6.07) is 20.0. The smallest absolute Gasteiger partial charge is 0.309 e. The molecule has 0 spiro atoms. The van der Waals surface area contributed by atoms with Crippen LogP contribution in [0.4, 0.5) is 0 Å². The number of rotatable bonds is 3. The summed E-state index contributed by atoms with van der Waals surface area (Å²) in [6.45, 7) is 4.25. The summed E-state index contributed by atoms with van der Waals surface area (Å²) in [7, 11) is 0. The van der Waals surface area contributed by atoms with Gasteiger partial charge in [-0.1, -0.05) is 67.2 Å². The van der Waals surface area contributed by atoms with E-state index in [1.54, 1.807) is 0 Å². The van der Waals surface area contributed by atoms with Crippen molar-refractivity contribution in [3.05, 3.63) is 78.4 Å². The Morgan fingerprint density at radius 2 is 1.70 bits per heavy atom. The Morgan fingerprint density at radius 3 is 2.39 bits per heavy atom. The van der Waals surface area contributed by atoms with Crippen LogP contribution in [0.1, 0.15) is 30.1 Å². The average molecular weight is 306 g/mol. The highest BCUT2D eigenvalue weighted by Gasteiger charge is 2.58. The summed E-state index contributed by atoms with van der Waals surface area (Å²) in [5.41, 5.74) is 2.17. The molecule has 0 N–H and O–H groups in total. The van der Waals surface area contributed by atoms with Gasteiger partial charge < -0.3 is 9.47 Å². The van der Waals surface area contributed by atoms with E-state index in [0.29, 0.717) is 6.42 Å². The maximum absolute atomic E-state index is 11.9. The van der Waals surface area contributed by atoms with E-state index >= 15 is 0 Å². The van der Waals surface area contributed by atoms with E-state index in [4.69, 9.17) is 9.47 Å². The Labute approximate surface area is 135 Å². The first-order valence-corrected chi connectivity index (χ1v) is 7.86. The van der Waals surface area contributed by atoms with E-state index in [0.717, 1.165) is 16.7 Å². The summed E-state index contributed by atoms with van der Waals surface area (Å²) in [4.78, 5) is 11.9. The van der Waals surface area contributed by atoms with Crippen molar-refractivity contribution in [3.63, 3.8) is 0 Å². The standard InChI is InChI=1S/C20H18O3/c1-14(15-8-4-2-5-9-15)20-13-17(16-10-6-3-7-11-16)22-18(20)12-19(21)23-20/h2-11,17-18H,1,12-13H2. The molecule has 0 bridgehead atoms. The molecule has 116 valence electrons. The molecule has 0 aliphatic carbocycles. The van der Waals surface area contributed by atoms with Crippen LogP contribution in [0.2, 0.25) is 0 Å². The van der Waals surface area contributed by atoms with Gasteiger partial charge in [0.05, 0.1) is 12.5 Å². The van der Waals surface area contributed by atoms with Gasteiger partial charge in [0.2, 0.25) is 0 Å². The second-order valence-corrected chi connectivity index (χ2v) is 6.14. The van der Waals surface area contributed by atoms with Gasteiger partial charge in [0.15, 0.2) is 5.60 Å². The number of ether oxygens (including phenoxy) is 2. The summed E-state index contributed by atoms with van der Waals surface area (Å²) < 4.78 is 12.0. The summed E-state index contributed by atoms with van der Waals surface area (Å²) in [6.07, 6.45) is 0.554. The number of benzene rings is 2. The van der Waals surface area contributed by atoms with Crippen LogP contribution in [0, 0.1) is 0 Å². The van der Waals surface area contributed by atoms with E-state index in [-0.39, 0.29) is 24.6 Å². The maximum atomic E-state index is 11.9. The van der Waals surface area contributed by atoms with Crippen LogP contribution in [-0.2, 0) is 14.3 Å². The van der Waals surface area contributed by atoms with Crippen molar-refractivity contribution in [1.82, 2.24) is 0 Å². The molecule has 23 heavy (non-hydrogen) atoms. The van der Waals surface area contributed by atoms with Gasteiger partial charge in [0, 0.05) is 6.42 Å². The summed E-state index contributed by atoms with van der Waals surface area (Å²) >= 11 is 0. The maximum Gasteiger partial charge on any atom is 0.309 e. The van der Waals surface area contributed by atoms with Gasteiger partial charge in [0.1, 0.15) is 6.10 Å². The highest BCUT2D eigenvalue weighted by atomic mass is 16.6. The quantitative estimate of drug-likeness (QED) is 0.806. The van der Waals surface area contributed by atoms with Gasteiger partial charge in [-0.15, -0.1) is 0 Å². The first-order valence-electron chi connectivity index (χ1n) is 7.86. The normalized spacial score (nSPS) is 29.1. The molecule has 2 saturated heterocycles. The number of fused-ring (bicyclic) bond motifs is 1. The van der Waals surface area contributed by atoms with Gasteiger partial charge in [-0.3, -0.25) is 4.79 Å². The zero-order chi connectivity index (χ0) is 15.9. The molecule has 3 heteroatoms. The average Bonchev–Trinajstić information content (AvgIpc) is 3.09. The molecule has 4 rings (SSSR count). The molecule has 0 radical (unpaired) electrons. The van der Waals surface area contributed by atoms with E-state index < -0.39 is 5.60 Å². The van der Waals surface area contributed by atoms with E-state index in [9.17, 15) is 4.79 Å². The van der Waals surface area contributed by atoms with Crippen molar-refractivity contribution in [2.75, 3.05) is 0 Å². The molecular formula is C20H18O3. The van der Waals surface area contributed by atoms with Crippen LogP contribution in [0.5, 0.6) is 0 Å². The van der Waals surface area contributed by atoms with Crippen molar-refractivity contribution >= 4 is 11.5 Å². The van der Waals surface area contributed by atoms with Crippen LogP contribution in [-0.4, -0.2) is 17.7 Å². The number of carbonyl (C=O) groups is 1. The molecule has 2 aliphatic rings. The van der Waals surface area contributed by atoms with Crippen LogP contribution in [0.25, 0.3) is 5.57 Å². The number of carbonyl (C=O) groups excluding carboxylic acids is 1. The van der Waals surface area contributed by atoms with Gasteiger partial charge >= 0.3 is 5.97 Å². The third-order valence-corrected chi connectivity index (χ3v) is 4.79. The Bertz CT molecular complexity index is 738. The second-order valence-electron chi connectivity index (χ2n) is 6.14. The molecule has 3 nitrogen and oxygen atoms in total. The van der Waals surface area contributed by atoms with Crippen molar-refractivity contribution in [1.29, 1.82) is 0 Å². The van der Waals surface area contributed by atoms with Gasteiger partial charge in [-0.25, -0.2) is 0 Å². The predicted molar refractivity (Wildman–Crippen MR) is 87.6 cm³/mol. The number of hydrogen-bond acceptors (Lipinski definition) is 3. The van der Waals surface area contributed by atoms with Gasteiger partial charge in [-0.05, 0) is 16.7 Å².